The van der Waals surface area contributed by atoms with Crippen LogP contribution in [-0.4, -0.2) is 29.6 Å². The maximum Gasteiger partial charge on any atom is 0.337 e. The Kier molecular flexibility index (Phi) is 3.36. The zero-order valence-corrected chi connectivity index (χ0v) is 9.06. The number of para-hydroxylation sites is 1. The number of hydrogen-bond donors (Lipinski definition) is 4. The predicted molar refractivity (Wildman–Crippen MR) is 61.6 cm³/mol. The summed E-state index contributed by atoms with van der Waals surface area (Å²) >= 11 is 0. The highest BCUT2D eigenvalue weighted by Crippen LogP contribution is 2.15. The van der Waals surface area contributed by atoms with Gasteiger partial charge in [0.15, 0.2) is 0 Å². The molecule has 2 rings (SSSR count). The Morgan fingerprint density at radius 2 is 2.12 bits per heavy atom. The monoisotopic (exact) mass is 235 g/mol. The van der Waals surface area contributed by atoms with Crippen molar-refractivity contribution in [3.8, 4) is 0 Å². The van der Waals surface area contributed by atoms with Crippen molar-refractivity contribution in [1.29, 1.82) is 0 Å². The Hall–Kier alpha value is -1.92. The van der Waals surface area contributed by atoms with Crippen molar-refractivity contribution in [2.24, 2.45) is 0 Å². The van der Waals surface area contributed by atoms with Crippen LogP contribution >= 0.6 is 0 Å². The smallest absolute Gasteiger partial charge is 0.337 e. The zero-order chi connectivity index (χ0) is 12.3. The first-order chi connectivity index (χ1) is 8.18. The van der Waals surface area contributed by atoms with Crippen molar-refractivity contribution in [2.45, 2.75) is 12.5 Å². The zero-order valence-electron chi connectivity index (χ0n) is 9.06. The fraction of sp³-hybridized carbons (Fsp3) is 0.273. The van der Waals surface area contributed by atoms with E-state index in [0.717, 1.165) is 6.54 Å². The fourth-order valence-corrected chi connectivity index (χ4v) is 1.68. The number of amides is 1. The molecule has 1 aromatic carbocycles. The predicted octanol–water partition coefficient (Wildman–Crippen LogP) is 0.190. The summed E-state index contributed by atoms with van der Waals surface area (Å²) in [4.78, 5) is 22.7. The lowest BCUT2D eigenvalue weighted by molar-refractivity contribution is -0.117. The van der Waals surface area contributed by atoms with Crippen molar-refractivity contribution < 1.29 is 14.7 Å². The van der Waals surface area contributed by atoms with Crippen LogP contribution in [0.5, 0.6) is 0 Å². The lowest BCUT2D eigenvalue weighted by Crippen LogP contribution is -2.39. The van der Waals surface area contributed by atoms with Crippen LogP contribution in [0.3, 0.4) is 0 Å². The Morgan fingerprint density at radius 1 is 1.35 bits per heavy atom. The molecule has 1 amide bonds. The topological polar surface area (TPSA) is 90.5 Å². The number of aromatic carboxylic acids is 1. The minimum atomic E-state index is -1.06. The molecule has 0 saturated carbocycles. The second-order valence-electron chi connectivity index (χ2n) is 3.75. The fourth-order valence-electron chi connectivity index (χ4n) is 1.68. The Morgan fingerprint density at radius 3 is 2.76 bits per heavy atom. The van der Waals surface area contributed by atoms with E-state index in [1.54, 1.807) is 18.2 Å². The van der Waals surface area contributed by atoms with E-state index < -0.39 is 5.97 Å². The van der Waals surface area contributed by atoms with Gasteiger partial charge < -0.3 is 10.4 Å². The Bertz CT molecular complexity index is 441. The van der Waals surface area contributed by atoms with Gasteiger partial charge in [0, 0.05) is 6.54 Å². The number of nitrogens with one attached hydrogen (secondary N) is 3. The summed E-state index contributed by atoms with van der Waals surface area (Å²) in [5, 5.41) is 11.6. The van der Waals surface area contributed by atoms with Gasteiger partial charge in [0.05, 0.1) is 11.3 Å². The van der Waals surface area contributed by atoms with Crippen LogP contribution in [0.4, 0.5) is 5.69 Å². The van der Waals surface area contributed by atoms with Crippen LogP contribution in [0.25, 0.3) is 0 Å². The first kappa shape index (κ1) is 11.6. The van der Waals surface area contributed by atoms with E-state index in [9.17, 15) is 9.59 Å². The van der Waals surface area contributed by atoms with Gasteiger partial charge >= 0.3 is 5.97 Å². The largest absolute Gasteiger partial charge is 0.478 e. The first-order valence-electron chi connectivity index (χ1n) is 5.30. The molecule has 1 unspecified atom stereocenters. The number of carbonyl (C=O) groups excluding carboxylic acids is 1. The summed E-state index contributed by atoms with van der Waals surface area (Å²) < 4.78 is 0. The number of hydrogen-bond acceptors (Lipinski definition) is 4. The molecule has 6 heteroatoms. The first-order valence-corrected chi connectivity index (χ1v) is 5.30. The normalized spacial score (nSPS) is 18.9. The van der Waals surface area contributed by atoms with E-state index in [-0.39, 0.29) is 17.5 Å². The minimum Gasteiger partial charge on any atom is -0.478 e. The van der Waals surface area contributed by atoms with Gasteiger partial charge in [-0.2, -0.15) is 0 Å². The molecule has 4 N–H and O–H groups in total. The van der Waals surface area contributed by atoms with Crippen LogP contribution in [0, 0.1) is 0 Å². The molecule has 0 bridgehead atoms. The molecule has 1 fully saturated rings. The SMILES string of the molecule is O=C(O)c1ccccc1NC(=O)C1CCNN1. The van der Waals surface area contributed by atoms with Gasteiger partial charge in [-0.25, -0.2) is 10.2 Å². The van der Waals surface area contributed by atoms with Gasteiger partial charge in [-0.1, -0.05) is 12.1 Å². The highest BCUT2D eigenvalue weighted by Gasteiger charge is 2.23. The third-order valence-corrected chi connectivity index (χ3v) is 2.57. The molecule has 1 saturated heterocycles. The van der Waals surface area contributed by atoms with Crippen LogP contribution in [0.1, 0.15) is 16.8 Å². The van der Waals surface area contributed by atoms with E-state index in [0.29, 0.717) is 12.1 Å². The van der Waals surface area contributed by atoms with Gasteiger partial charge in [-0.05, 0) is 18.6 Å². The molecule has 1 heterocycles. The Balaban J connectivity index is 2.12. The summed E-state index contributed by atoms with van der Waals surface area (Å²) in [7, 11) is 0. The number of rotatable bonds is 3. The van der Waals surface area contributed by atoms with Crippen molar-refractivity contribution in [2.75, 3.05) is 11.9 Å². The molecule has 0 spiro atoms. The van der Waals surface area contributed by atoms with Crippen LogP contribution in [-0.2, 0) is 4.79 Å². The van der Waals surface area contributed by atoms with Crippen LogP contribution in [0.15, 0.2) is 24.3 Å². The maximum absolute atomic E-state index is 11.8. The lowest BCUT2D eigenvalue weighted by Gasteiger charge is -2.12. The van der Waals surface area contributed by atoms with Gasteiger partial charge in [0.25, 0.3) is 0 Å². The minimum absolute atomic E-state index is 0.0896. The van der Waals surface area contributed by atoms with E-state index in [1.165, 1.54) is 6.07 Å². The average molecular weight is 235 g/mol. The quantitative estimate of drug-likeness (QED) is 0.600. The van der Waals surface area contributed by atoms with Crippen molar-refractivity contribution in [3.63, 3.8) is 0 Å². The number of hydrazine groups is 1. The van der Waals surface area contributed by atoms with Crippen molar-refractivity contribution in [1.82, 2.24) is 10.9 Å². The maximum atomic E-state index is 11.8. The summed E-state index contributed by atoms with van der Waals surface area (Å²) in [6, 6.07) is 6.01. The second-order valence-corrected chi connectivity index (χ2v) is 3.75. The van der Waals surface area contributed by atoms with Gasteiger partial charge in [0.1, 0.15) is 6.04 Å². The molecule has 90 valence electrons. The third kappa shape index (κ3) is 2.61. The van der Waals surface area contributed by atoms with Crippen molar-refractivity contribution in [3.05, 3.63) is 29.8 Å². The van der Waals surface area contributed by atoms with E-state index in [2.05, 4.69) is 16.2 Å². The van der Waals surface area contributed by atoms with Gasteiger partial charge in [-0.15, -0.1) is 0 Å². The van der Waals surface area contributed by atoms with Gasteiger partial charge in [0.2, 0.25) is 5.91 Å². The summed E-state index contributed by atoms with van der Waals surface area (Å²) in [5.41, 5.74) is 6.07. The number of carbonyl (C=O) groups is 2. The van der Waals surface area contributed by atoms with Crippen LogP contribution < -0.4 is 16.2 Å². The summed E-state index contributed by atoms with van der Waals surface area (Å²) in [5.74, 6) is -1.29. The molecular formula is C11H13N3O3. The number of anilines is 1. The molecule has 1 aliphatic heterocycles. The summed E-state index contributed by atoms with van der Waals surface area (Å²) in [6.45, 7) is 0.721. The van der Waals surface area contributed by atoms with Crippen LogP contribution in [0.2, 0.25) is 0 Å². The number of benzene rings is 1. The Labute approximate surface area is 98.0 Å². The molecule has 6 nitrogen and oxygen atoms in total. The molecule has 17 heavy (non-hydrogen) atoms. The molecule has 1 aliphatic rings. The molecule has 1 aromatic rings. The molecular weight excluding hydrogens is 222 g/mol. The van der Waals surface area contributed by atoms with E-state index in [4.69, 9.17) is 5.11 Å². The molecule has 0 aromatic heterocycles. The standard InChI is InChI=1S/C11H13N3O3/c15-10(9-5-6-12-14-9)13-8-4-2-1-3-7(8)11(16)17/h1-4,9,12,14H,5-6H2,(H,13,15)(H,16,17). The third-order valence-electron chi connectivity index (χ3n) is 2.57. The van der Waals surface area contributed by atoms with E-state index >= 15 is 0 Å². The second kappa shape index (κ2) is 4.94. The molecule has 1 atom stereocenters. The molecule has 0 aliphatic carbocycles. The van der Waals surface area contributed by atoms with Crippen molar-refractivity contribution >= 4 is 17.6 Å². The van der Waals surface area contributed by atoms with E-state index in [1.807, 2.05) is 0 Å². The number of carboxylic acids is 1. The lowest BCUT2D eigenvalue weighted by atomic mass is 10.1. The summed E-state index contributed by atoms with van der Waals surface area (Å²) in [6.07, 6.45) is 0.682. The molecule has 0 radical (unpaired) electrons. The number of carboxylic acid groups (broad SMARTS) is 1. The highest BCUT2D eigenvalue weighted by atomic mass is 16.4. The average Bonchev–Trinajstić information content (AvgIpc) is 2.83. The highest BCUT2D eigenvalue weighted by molar-refractivity contribution is 6.02. The van der Waals surface area contributed by atoms with Gasteiger partial charge in [-0.3, -0.25) is 10.2 Å².